The lowest BCUT2D eigenvalue weighted by atomic mass is 9.91. The second-order valence-corrected chi connectivity index (χ2v) is 6.25. The zero-order valence-corrected chi connectivity index (χ0v) is 13.5. The molecule has 2 aromatic rings. The third-order valence-corrected chi connectivity index (χ3v) is 4.66. The molecular formula is C16H23ClN4. The van der Waals surface area contributed by atoms with E-state index in [1.165, 1.54) is 36.8 Å². The SMILES string of the molecule is CCCNC1CCCc2cn(Cc3ncc(Cl)n3C)cc21. The van der Waals surface area contributed by atoms with E-state index in [0.29, 0.717) is 11.2 Å². The van der Waals surface area contributed by atoms with E-state index in [4.69, 9.17) is 11.6 Å². The Morgan fingerprint density at radius 3 is 3.00 bits per heavy atom. The van der Waals surface area contributed by atoms with Crippen LogP contribution in [0.3, 0.4) is 0 Å². The summed E-state index contributed by atoms with van der Waals surface area (Å²) in [5, 5.41) is 4.35. The van der Waals surface area contributed by atoms with Gasteiger partial charge >= 0.3 is 0 Å². The normalized spacial score (nSPS) is 18.0. The Hall–Kier alpha value is -1.26. The number of halogens is 1. The van der Waals surface area contributed by atoms with E-state index in [1.54, 1.807) is 6.20 Å². The lowest BCUT2D eigenvalue weighted by molar-refractivity contribution is 0.462. The Bertz CT molecular complexity index is 614. The van der Waals surface area contributed by atoms with E-state index in [1.807, 2.05) is 11.6 Å². The topological polar surface area (TPSA) is 34.8 Å². The minimum Gasteiger partial charge on any atom is -0.346 e. The monoisotopic (exact) mass is 306 g/mol. The van der Waals surface area contributed by atoms with E-state index < -0.39 is 0 Å². The molecular weight excluding hydrogens is 284 g/mol. The molecule has 0 bridgehead atoms. The van der Waals surface area contributed by atoms with Crippen LogP contribution in [0.1, 0.15) is 49.2 Å². The molecule has 0 spiro atoms. The van der Waals surface area contributed by atoms with Crippen molar-refractivity contribution in [1.29, 1.82) is 0 Å². The second kappa shape index (κ2) is 6.24. The molecule has 2 heterocycles. The molecule has 1 N–H and O–H groups in total. The summed E-state index contributed by atoms with van der Waals surface area (Å²) in [7, 11) is 1.96. The summed E-state index contributed by atoms with van der Waals surface area (Å²) in [6.07, 6.45) is 11.2. The first-order chi connectivity index (χ1) is 10.2. The highest BCUT2D eigenvalue weighted by Gasteiger charge is 2.21. The van der Waals surface area contributed by atoms with Crippen LogP contribution in [0.5, 0.6) is 0 Å². The fourth-order valence-electron chi connectivity index (χ4n) is 3.10. The molecule has 4 nitrogen and oxygen atoms in total. The maximum atomic E-state index is 6.06. The van der Waals surface area contributed by atoms with Gasteiger partial charge in [0.2, 0.25) is 0 Å². The van der Waals surface area contributed by atoms with Crippen molar-refractivity contribution in [1.82, 2.24) is 19.4 Å². The van der Waals surface area contributed by atoms with Gasteiger partial charge in [0.25, 0.3) is 0 Å². The van der Waals surface area contributed by atoms with Crippen LogP contribution >= 0.6 is 11.6 Å². The van der Waals surface area contributed by atoms with E-state index in [9.17, 15) is 0 Å². The summed E-state index contributed by atoms with van der Waals surface area (Å²) < 4.78 is 4.18. The quantitative estimate of drug-likeness (QED) is 0.920. The van der Waals surface area contributed by atoms with Gasteiger partial charge in [-0.25, -0.2) is 4.98 Å². The lowest BCUT2D eigenvalue weighted by Crippen LogP contribution is -2.24. The fraction of sp³-hybridized carbons (Fsp3) is 0.562. The number of hydrogen-bond donors (Lipinski definition) is 1. The third-order valence-electron chi connectivity index (χ3n) is 4.30. The fourth-order valence-corrected chi connectivity index (χ4v) is 3.25. The number of hydrogen-bond acceptors (Lipinski definition) is 2. The zero-order chi connectivity index (χ0) is 14.8. The molecule has 2 aromatic heterocycles. The number of nitrogens with zero attached hydrogens (tertiary/aromatic N) is 3. The minimum absolute atomic E-state index is 0.514. The van der Waals surface area contributed by atoms with Gasteiger partial charge in [-0.15, -0.1) is 0 Å². The molecule has 3 rings (SSSR count). The third kappa shape index (κ3) is 3.01. The van der Waals surface area contributed by atoms with Gasteiger partial charge in [-0.3, -0.25) is 0 Å². The van der Waals surface area contributed by atoms with Crippen LogP contribution in [0, 0.1) is 0 Å². The highest BCUT2D eigenvalue weighted by Crippen LogP contribution is 2.30. The van der Waals surface area contributed by atoms with Crippen LogP contribution in [0.4, 0.5) is 0 Å². The van der Waals surface area contributed by atoms with Crippen LogP contribution in [0.25, 0.3) is 0 Å². The number of imidazole rings is 1. The molecule has 0 saturated carbocycles. The van der Waals surface area contributed by atoms with Gasteiger partial charge in [-0.1, -0.05) is 18.5 Å². The summed E-state index contributed by atoms with van der Waals surface area (Å²) in [6.45, 7) is 4.08. The average molecular weight is 307 g/mol. The van der Waals surface area contributed by atoms with E-state index in [2.05, 4.69) is 34.2 Å². The van der Waals surface area contributed by atoms with Gasteiger partial charge in [0, 0.05) is 25.5 Å². The van der Waals surface area contributed by atoms with Gasteiger partial charge in [0.1, 0.15) is 11.0 Å². The number of aromatic nitrogens is 3. The molecule has 1 aliphatic rings. The average Bonchev–Trinajstić information content (AvgIpc) is 3.03. The van der Waals surface area contributed by atoms with Crippen LogP contribution in [-0.2, 0) is 20.0 Å². The molecule has 0 aliphatic heterocycles. The Kier molecular flexibility index (Phi) is 4.36. The first-order valence-corrected chi connectivity index (χ1v) is 8.15. The van der Waals surface area contributed by atoms with Crippen LogP contribution < -0.4 is 5.32 Å². The van der Waals surface area contributed by atoms with Crippen LogP contribution in [0.2, 0.25) is 5.15 Å². The minimum atomic E-state index is 0.514. The molecule has 114 valence electrons. The summed E-state index contributed by atoms with van der Waals surface area (Å²) in [5.41, 5.74) is 2.95. The highest BCUT2D eigenvalue weighted by molar-refractivity contribution is 6.29. The Labute approximate surface area is 131 Å². The largest absolute Gasteiger partial charge is 0.346 e. The number of nitrogens with one attached hydrogen (secondary N) is 1. The predicted octanol–water partition coefficient (Wildman–Crippen LogP) is 3.30. The Morgan fingerprint density at radius 2 is 2.29 bits per heavy atom. The molecule has 0 saturated heterocycles. The van der Waals surface area contributed by atoms with Crippen molar-refractivity contribution in [2.45, 2.75) is 45.2 Å². The van der Waals surface area contributed by atoms with E-state index in [0.717, 1.165) is 18.9 Å². The summed E-state index contributed by atoms with van der Waals surface area (Å²) in [5.74, 6) is 0.991. The van der Waals surface area contributed by atoms with Crippen molar-refractivity contribution in [3.8, 4) is 0 Å². The van der Waals surface area contributed by atoms with Crippen molar-refractivity contribution in [3.05, 3.63) is 40.7 Å². The first kappa shape index (κ1) is 14.7. The molecule has 0 aromatic carbocycles. The second-order valence-electron chi connectivity index (χ2n) is 5.87. The maximum Gasteiger partial charge on any atom is 0.129 e. The molecule has 1 aliphatic carbocycles. The van der Waals surface area contributed by atoms with Gasteiger partial charge < -0.3 is 14.5 Å². The maximum absolute atomic E-state index is 6.06. The molecule has 0 radical (unpaired) electrons. The summed E-state index contributed by atoms with van der Waals surface area (Å²) in [4.78, 5) is 4.38. The molecule has 0 fully saturated rings. The van der Waals surface area contributed by atoms with Crippen molar-refractivity contribution < 1.29 is 0 Å². The van der Waals surface area contributed by atoms with Gasteiger partial charge in [0.05, 0.1) is 12.7 Å². The van der Waals surface area contributed by atoms with Gasteiger partial charge in [-0.05, 0) is 43.4 Å². The first-order valence-electron chi connectivity index (χ1n) is 7.77. The lowest BCUT2D eigenvalue weighted by Gasteiger charge is -2.23. The van der Waals surface area contributed by atoms with Crippen molar-refractivity contribution in [2.24, 2.45) is 7.05 Å². The molecule has 1 unspecified atom stereocenters. The molecule has 1 atom stereocenters. The number of aryl methyl sites for hydroxylation is 1. The van der Waals surface area contributed by atoms with Gasteiger partial charge in [-0.2, -0.15) is 0 Å². The van der Waals surface area contributed by atoms with Crippen LogP contribution in [-0.4, -0.2) is 20.7 Å². The molecule has 5 heteroatoms. The van der Waals surface area contributed by atoms with Crippen molar-refractivity contribution >= 4 is 11.6 Å². The molecule has 0 amide bonds. The van der Waals surface area contributed by atoms with Crippen molar-refractivity contribution in [2.75, 3.05) is 6.54 Å². The number of fused-ring (bicyclic) bond motifs is 1. The predicted molar refractivity (Wildman–Crippen MR) is 85.7 cm³/mol. The van der Waals surface area contributed by atoms with Crippen LogP contribution in [0.15, 0.2) is 18.6 Å². The van der Waals surface area contributed by atoms with E-state index in [-0.39, 0.29) is 0 Å². The summed E-state index contributed by atoms with van der Waals surface area (Å²) in [6, 6.07) is 0.514. The Morgan fingerprint density at radius 1 is 1.43 bits per heavy atom. The van der Waals surface area contributed by atoms with Gasteiger partial charge in [0.15, 0.2) is 0 Å². The van der Waals surface area contributed by atoms with Crippen molar-refractivity contribution in [3.63, 3.8) is 0 Å². The van der Waals surface area contributed by atoms with E-state index >= 15 is 0 Å². The standard InChI is InChI=1S/C16H23ClN4/c1-3-7-18-14-6-4-5-12-9-21(10-13(12)14)11-16-19-8-15(17)20(16)2/h8-10,14,18H,3-7,11H2,1-2H3. The number of rotatable bonds is 5. The smallest absolute Gasteiger partial charge is 0.129 e. The Balaban J connectivity index is 1.79. The molecule has 21 heavy (non-hydrogen) atoms. The summed E-state index contributed by atoms with van der Waals surface area (Å²) >= 11 is 6.06. The zero-order valence-electron chi connectivity index (χ0n) is 12.8. The highest BCUT2D eigenvalue weighted by atomic mass is 35.5.